The van der Waals surface area contributed by atoms with E-state index < -0.39 is 0 Å². The Morgan fingerprint density at radius 1 is 1.19 bits per heavy atom. The molecular formula is C18H26IN7S. The van der Waals surface area contributed by atoms with Gasteiger partial charge in [0.25, 0.3) is 0 Å². The fourth-order valence-corrected chi connectivity index (χ4v) is 3.39. The van der Waals surface area contributed by atoms with Gasteiger partial charge < -0.3 is 16.0 Å². The van der Waals surface area contributed by atoms with E-state index in [0.29, 0.717) is 0 Å². The minimum absolute atomic E-state index is 0. The van der Waals surface area contributed by atoms with Crippen molar-refractivity contribution >= 4 is 56.6 Å². The number of aliphatic imine (C=N–C) groups is 1. The van der Waals surface area contributed by atoms with Gasteiger partial charge in [-0.25, -0.2) is 4.98 Å². The molecule has 9 heteroatoms. The number of anilines is 1. The second kappa shape index (κ2) is 11.8. The first-order valence-corrected chi connectivity index (χ1v) is 9.76. The molecule has 0 radical (unpaired) electrons. The largest absolute Gasteiger partial charge is 0.360 e. The Kier molecular flexibility index (Phi) is 9.32. The lowest BCUT2D eigenvalue weighted by atomic mass is 10.3. The van der Waals surface area contributed by atoms with Crippen LogP contribution in [0.4, 0.5) is 5.13 Å². The lowest BCUT2D eigenvalue weighted by molar-refractivity contribution is 0.584. The fourth-order valence-electron chi connectivity index (χ4n) is 2.50. The first-order valence-electron chi connectivity index (χ1n) is 8.94. The zero-order valence-electron chi connectivity index (χ0n) is 15.4. The molecule has 3 rings (SSSR count). The maximum absolute atomic E-state index is 4.60. The first-order chi connectivity index (χ1) is 12.8. The highest BCUT2D eigenvalue weighted by atomic mass is 127. The summed E-state index contributed by atoms with van der Waals surface area (Å²) in [5, 5.41) is 15.1. The number of aryl methyl sites for hydroxylation is 1. The minimum atomic E-state index is 0. The van der Waals surface area contributed by atoms with Crippen molar-refractivity contribution in [3.63, 3.8) is 0 Å². The Morgan fingerprint density at radius 3 is 2.85 bits per heavy atom. The van der Waals surface area contributed by atoms with Crippen molar-refractivity contribution in [3.05, 3.63) is 42.7 Å². The van der Waals surface area contributed by atoms with E-state index in [9.17, 15) is 0 Å². The Bertz CT molecular complexity index is 783. The average Bonchev–Trinajstić information content (AvgIpc) is 3.31. The number of nitrogens with one attached hydrogen (secondary N) is 3. The molecule has 1 aromatic carbocycles. The normalized spacial score (nSPS) is 11.2. The van der Waals surface area contributed by atoms with Crippen LogP contribution >= 0.6 is 35.3 Å². The van der Waals surface area contributed by atoms with Crippen LogP contribution in [0, 0.1) is 0 Å². The number of benzene rings is 1. The number of thiazole rings is 1. The van der Waals surface area contributed by atoms with Gasteiger partial charge in [-0.1, -0.05) is 23.5 Å². The molecule has 2 aromatic heterocycles. The zero-order valence-corrected chi connectivity index (χ0v) is 18.5. The van der Waals surface area contributed by atoms with Crippen molar-refractivity contribution in [2.24, 2.45) is 4.99 Å². The summed E-state index contributed by atoms with van der Waals surface area (Å²) in [6.45, 7) is 6.13. The summed E-state index contributed by atoms with van der Waals surface area (Å²) in [5.74, 6) is 0.846. The molecule has 27 heavy (non-hydrogen) atoms. The number of para-hydroxylation sites is 1. The van der Waals surface area contributed by atoms with Crippen molar-refractivity contribution in [3.8, 4) is 0 Å². The highest BCUT2D eigenvalue weighted by Gasteiger charge is 2.02. The van der Waals surface area contributed by atoms with Crippen LogP contribution in [-0.2, 0) is 6.54 Å². The SMILES string of the molecule is CCNC(=NCCCn1cccn1)NCCNc1nc2ccccc2s1.I. The third-order valence-electron chi connectivity index (χ3n) is 3.71. The molecule has 0 amide bonds. The van der Waals surface area contributed by atoms with Gasteiger partial charge in [0.15, 0.2) is 11.1 Å². The van der Waals surface area contributed by atoms with Gasteiger partial charge in [0.05, 0.1) is 10.2 Å². The van der Waals surface area contributed by atoms with E-state index in [1.165, 1.54) is 4.70 Å². The second-order valence-electron chi connectivity index (χ2n) is 5.72. The molecule has 0 saturated carbocycles. The molecule has 0 spiro atoms. The number of fused-ring (bicyclic) bond motifs is 1. The maximum atomic E-state index is 4.60. The number of aromatic nitrogens is 3. The van der Waals surface area contributed by atoms with Crippen LogP contribution in [0.3, 0.4) is 0 Å². The fraction of sp³-hybridized carbons (Fsp3) is 0.389. The molecule has 0 atom stereocenters. The third-order valence-corrected chi connectivity index (χ3v) is 4.70. The Morgan fingerprint density at radius 2 is 2.07 bits per heavy atom. The van der Waals surface area contributed by atoms with Crippen molar-refractivity contribution in [2.75, 3.05) is 31.5 Å². The lowest BCUT2D eigenvalue weighted by Gasteiger charge is -2.11. The van der Waals surface area contributed by atoms with Crippen LogP contribution < -0.4 is 16.0 Å². The van der Waals surface area contributed by atoms with Crippen LogP contribution in [0.25, 0.3) is 10.2 Å². The van der Waals surface area contributed by atoms with Crippen molar-refractivity contribution in [2.45, 2.75) is 19.9 Å². The smallest absolute Gasteiger partial charge is 0.191 e. The molecule has 0 saturated heterocycles. The first kappa shape index (κ1) is 21.4. The van der Waals surface area contributed by atoms with Crippen molar-refractivity contribution in [1.29, 1.82) is 0 Å². The van der Waals surface area contributed by atoms with E-state index in [1.807, 2.05) is 35.1 Å². The highest BCUT2D eigenvalue weighted by Crippen LogP contribution is 2.24. The summed E-state index contributed by atoms with van der Waals surface area (Å²) in [5.41, 5.74) is 1.04. The second-order valence-corrected chi connectivity index (χ2v) is 6.75. The Hall–Kier alpha value is -1.88. The van der Waals surface area contributed by atoms with Gasteiger partial charge in [0.2, 0.25) is 0 Å². The summed E-state index contributed by atoms with van der Waals surface area (Å²) in [4.78, 5) is 9.18. The molecule has 0 aliphatic heterocycles. The number of guanidine groups is 1. The standard InChI is InChI=1S/C18H25N7S.HI/c1-2-19-17(20-9-5-13-25-14-6-10-23-25)21-11-12-22-18-24-15-7-3-4-8-16(15)26-18;/h3-4,6-8,10,14H,2,5,9,11-13H2,1H3,(H,22,24)(H2,19,20,21);1H. The molecule has 0 bridgehead atoms. The number of hydrogen-bond acceptors (Lipinski definition) is 5. The predicted molar refractivity (Wildman–Crippen MR) is 124 cm³/mol. The summed E-state index contributed by atoms with van der Waals surface area (Å²) in [7, 11) is 0. The molecule has 3 N–H and O–H groups in total. The van der Waals surface area contributed by atoms with Crippen LogP contribution in [0.15, 0.2) is 47.7 Å². The van der Waals surface area contributed by atoms with E-state index in [4.69, 9.17) is 0 Å². The van der Waals surface area contributed by atoms with Crippen LogP contribution in [0.2, 0.25) is 0 Å². The summed E-state index contributed by atoms with van der Waals surface area (Å²) in [6.07, 6.45) is 4.73. The van der Waals surface area contributed by atoms with E-state index in [1.54, 1.807) is 17.5 Å². The third kappa shape index (κ3) is 6.98. The number of halogens is 1. The average molecular weight is 499 g/mol. The summed E-state index contributed by atoms with van der Waals surface area (Å²) < 4.78 is 3.13. The summed E-state index contributed by atoms with van der Waals surface area (Å²) in [6, 6.07) is 10.1. The Labute approximate surface area is 180 Å². The molecule has 0 fully saturated rings. The molecular weight excluding hydrogens is 473 g/mol. The van der Waals surface area contributed by atoms with Gasteiger partial charge in [-0.2, -0.15) is 5.10 Å². The molecule has 0 aliphatic rings. The van der Waals surface area contributed by atoms with E-state index in [2.05, 4.69) is 44.0 Å². The van der Waals surface area contributed by atoms with E-state index >= 15 is 0 Å². The van der Waals surface area contributed by atoms with Gasteiger partial charge in [-0.05, 0) is 31.5 Å². The van der Waals surface area contributed by atoms with Gasteiger partial charge in [-0.15, -0.1) is 24.0 Å². The maximum Gasteiger partial charge on any atom is 0.191 e. The molecule has 0 unspecified atom stereocenters. The molecule has 2 heterocycles. The lowest BCUT2D eigenvalue weighted by Crippen LogP contribution is -2.39. The van der Waals surface area contributed by atoms with Gasteiger partial charge in [0, 0.05) is 45.1 Å². The van der Waals surface area contributed by atoms with E-state index in [0.717, 1.165) is 55.8 Å². The van der Waals surface area contributed by atoms with Crippen LogP contribution in [-0.4, -0.2) is 46.9 Å². The number of hydrogen-bond donors (Lipinski definition) is 3. The van der Waals surface area contributed by atoms with Gasteiger partial charge in [0.1, 0.15) is 0 Å². The molecule has 0 aliphatic carbocycles. The minimum Gasteiger partial charge on any atom is -0.360 e. The number of rotatable bonds is 9. The molecule has 146 valence electrons. The quantitative estimate of drug-likeness (QED) is 0.183. The van der Waals surface area contributed by atoms with Gasteiger partial charge in [-0.3, -0.25) is 9.67 Å². The Balaban J connectivity index is 0.00000261. The molecule has 7 nitrogen and oxygen atoms in total. The van der Waals surface area contributed by atoms with Crippen molar-refractivity contribution < 1.29 is 0 Å². The van der Waals surface area contributed by atoms with Gasteiger partial charge >= 0.3 is 0 Å². The predicted octanol–water partition coefficient (Wildman–Crippen LogP) is 3.17. The number of nitrogens with zero attached hydrogens (tertiary/aromatic N) is 4. The van der Waals surface area contributed by atoms with Crippen LogP contribution in [0.5, 0.6) is 0 Å². The van der Waals surface area contributed by atoms with Crippen molar-refractivity contribution in [1.82, 2.24) is 25.4 Å². The topological polar surface area (TPSA) is 79.2 Å². The molecule has 3 aromatic rings. The monoisotopic (exact) mass is 499 g/mol. The zero-order chi connectivity index (χ0) is 18.0. The van der Waals surface area contributed by atoms with Crippen LogP contribution in [0.1, 0.15) is 13.3 Å². The highest BCUT2D eigenvalue weighted by molar-refractivity contribution is 14.0. The van der Waals surface area contributed by atoms with E-state index in [-0.39, 0.29) is 24.0 Å². The summed E-state index contributed by atoms with van der Waals surface area (Å²) >= 11 is 1.68.